The average molecular weight is 187 g/mol. The zero-order valence-corrected chi connectivity index (χ0v) is 9.64. The number of hydrogen-bond donors (Lipinski definition) is 0. The van der Waals surface area contributed by atoms with E-state index >= 15 is 0 Å². The largest absolute Gasteiger partial charge is 0.236 e. The van der Waals surface area contributed by atoms with Gasteiger partial charge in [-0.05, 0) is 26.2 Å². The number of hydrogen-bond acceptors (Lipinski definition) is 2. The molecule has 0 aromatic rings. The van der Waals surface area contributed by atoms with E-state index in [2.05, 4.69) is 20.8 Å². The Morgan fingerprint density at radius 3 is 2.31 bits per heavy atom. The SMILES string of the molecule is CCCCC(C)(C)OOC[C](C)C. The van der Waals surface area contributed by atoms with Crippen LogP contribution >= 0.6 is 0 Å². The summed E-state index contributed by atoms with van der Waals surface area (Å²) in [5.41, 5.74) is -0.147. The lowest BCUT2D eigenvalue weighted by Crippen LogP contribution is -2.25. The molecule has 0 fully saturated rings. The quantitative estimate of drug-likeness (QED) is 0.448. The minimum atomic E-state index is -0.147. The second-order valence-electron chi connectivity index (χ2n) is 4.42. The smallest absolute Gasteiger partial charge is 0.0980 e. The van der Waals surface area contributed by atoms with Gasteiger partial charge in [-0.15, -0.1) is 0 Å². The van der Waals surface area contributed by atoms with Crippen molar-refractivity contribution in [2.24, 2.45) is 0 Å². The molecule has 13 heavy (non-hydrogen) atoms. The predicted molar refractivity (Wildman–Crippen MR) is 55.2 cm³/mol. The van der Waals surface area contributed by atoms with Crippen LogP contribution in [-0.2, 0) is 9.78 Å². The average Bonchev–Trinajstić information content (AvgIpc) is 2.00. The molecule has 1 radical (unpaired) electrons. The van der Waals surface area contributed by atoms with Crippen molar-refractivity contribution in [3.8, 4) is 0 Å². The summed E-state index contributed by atoms with van der Waals surface area (Å²) >= 11 is 0. The van der Waals surface area contributed by atoms with E-state index in [0.717, 1.165) is 6.42 Å². The van der Waals surface area contributed by atoms with Gasteiger partial charge in [0.25, 0.3) is 0 Å². The van der Waals surface area contributed by atoms with E-state index in [-0.39, 0.29) is 5.60 Å². The molecule has 0 atom stereocenters. The normalized spacial score (nSPS) is 12.5. The van der Waals surface area contributed by atoms with Crippen LogP contribution in [-0.4, -0.2) is 12.2 Å². The first-order valence-electron chi connectivity index (χ1n) is 5.07. The first-order valence-corrected chi connectivity index (χ1v) is 5.07. The topological polar surface area (TPSA) is 18.5 Å². The van der Waals surface area contributed by atoms with Crippen molar-refractivity contribution in [1.29, 1.82) is 0 Å². The third kappa shape index (κ3) is 8.26. The Kier molecular flexibility index (Phi) is 6.35. The molecule has 2 heteroatoms. The Balaban J connectivity index is 3.50. The van der Waals surface area contributed by atoms with E-state index in [1.54, 1.807) is 0 Å². The number of rotatable bonds is 7. The maximum atomic E-state index is 5.32. The molecule has 2 nitrogen and oxygen atoms in total. The van der Waals surface area contributed by atoms with E-state index in [1.807, 2.05) is 13.8 Å². The second-order valence-corrected chi connectivity index (χ2v) is 4.42. The fraction of sp³-hybridized carbons (Fsp3) is 0.909. The van der Waals surface area contributed by atoms with Gasteiger partial charge in [0.1, 0.15) is 0 Å². The zero-order chi connectivity index (χ0) is 10.3. The third-order valence-corrected chi connectivity index (χ3v) is 1.76. The Bertz CT molecular complexity index is 119. The molecule has 0 bridgehead atoms. The molecule has 0 saturated carbocycles. The molecule has 0 N–H and O–H groups in total. The standard InChI is InChI=1S/C11H23O2/c1-6-7-8-11(4,5)13-12-9-10(2)3/h6-9H2,1-5H3. The number of unbranched alkanes of at least 4 members (excludes halogenated alkanes) is 1. The monoisotopic (exact) mass is 187 g/mol. The summed E-state index contributed by atoms with van der Waals surface area (Å²) in [5.74, 6) is 1.23. The van der Waals surface area contributed by atoms with Gasteiger partial charge in [-0.2, -0.15) is 0 Å². The van der Waals surface area contributed by atoms with Crippen LogP contribution in [0.2, 0.25) is 0 Å². The van der Waals surface area contributed by atoms with E-state index in [4.69, 9.17) is 9.78 Å². The summed E-state index contributed by atoms with van der Waals surface area (Å²) in [6, 6.07) is 0. The molecule has 0 rings (SSSR count). The fourth-order valence-electron chi connectivity index (χ4n) is 0.951. The molecule has 0 heterocycles. The summed E-state index contributed by atoms with van der Waals surface area (Å²) in [7, 11) is 0. The van der Waals surface area contributed by atoms with Crippen molar-refractivity contribution in [2.75, 3.05) is 6.61 Å². The van der Waals surface area contributed by atoms with Crippen molar-refractivity contribution in [1.82, 2.24) is 0 Å². The highest BCUT2D eigenvalue weighted by molar-refractivity contribution is 4.74. The van der Waals surface area contributed by atoms with Gasteiger partial charge in [-0.3, -0.25) is 0 Å². The molecule has 0 aliphatic rings. The minimum absolute atomic E-state index is 0.147. The highest BCUT2D eigenvalue weighted by Crippen LogP contribution is 2.18. The lowest BCUT2D eigenvalue weighted by Gasteiger charge is -2.23. The van der Waals surface area contributed by atoms with Gasteiger partial charge < -0.3 is 0 Å². The van der Waals surface area contributed by atoms with Gasteiger partial charge in [-0.1, -0.05) is 33.6 Å². The highest BCUT2D eigenvalue weighted by atomic mass is 17.2. The van der Waals surface area contributed by atoms with Crippen molar-refractivity contribution in [2.45, 2.75) is 59.5 Å². The van der Waals surface area contributed by atoms with Gasteiger partial charge in [0, 0.05) is 0 Å². The van der Waals surface area contributed by atoms with Crippen molar-refractivity contribution in [3.63, 3.8) is 0 Å². The summed E-state index contributed by atoms with van der Waals surface area (Å²) in [6.07, 6.45) is 3.43. The summed E-state index contributed by atoms with van der Waals surface area (Å²) in [5, 5.41) is 0. The second kappa shape index (κ2) is 6.39. The van der Waals surface area contributed by atoms with Crippen molar-refractivity contribution < 1.29 is 9.78 Å². The highest BCUT2D eigenvalue weighted by Gasteiger charge is 2.19. The maximum absolute atomic E-state index is 5.32. The van der Waals surface area contributed by atoms with Crippen molar-refractivity contribution >= 4 is 0 Å². The first-order chi connectivity index (χ1) is 5.98. The molecule has 0 aliphatic carbocycles. The molecule has 0 saturated heterocycles. The van der Waals surface area contributed by atoms with E-state index in [0.29, 0.717) is 6.61 Å². The molecule has 0 aromatic carbocycles. The van der Waals surface area contributed by atoms with E-state index < -0.39 is 0 Å². The van der Waals surface area contributed by atoms with Crippen LogP contribution in [0, 0.1) is 5.92 Å². The van der Waals surface area contributed by atoms with Crippen molar-refractivity contribution in [3.05, 3.63) is 5.92 Å². The Morgan fingerprint density at radius 2 is 1.85 bits per heavy atom. The first kappa shape index (κ1) is 12.9. The van der Waals surface area contributed by atoms with Crippen LogP contribution in [0.3, 0.4) is 0 Å². The van der Waals surface area contributed by atoms with Gasteiger partial charge in [0.2, 0.25) is 0 Å². The lowest BCUT2D eigenvalue weighted by molar-refractivity contribution is -0.351. The summed E-state index contributed by atoms with van der Waals surface area (Å²) in [4.78, 5) is 10.4. The Hall–Kier alpha value is -0.0800. The van der Waals surface area contributed by atoms with Crippen LogP contribution in [0.25, 0.3) is 0 Å². The molecule has 79 valence electrons. The maximum Gasteiger partial charge on any atom is 0.0980 e. The van der Waals surface area contributed by atoms with Gasteiger partial charge in [0.05, 0.1) is 12.2 Å². The van der Waals surface area contributed by atoms with Crippen LogP contribution < -0.4 is 0 Å². The molecule has 0 amide bonds. The molecule has 0 spiro atoms. The molecule has 0 unspecified atom stereocenters. The summed E-state index contributed by atoms with van der Waals surface area (Å²) in [6.45, 7) is 11.0. The Labute approximate surface area is 82.5 Å². The lowest BCUT2D eigenvalue weighted by atomic mass is 10.0. The fourth-order valence-corrected chi connectivity index (χ4v) is 0.951. The van der Waals surface area contributed by atoms with E-state index in [9.17, 15) is 0 Å². The molecular weight excluding hydrogens is 164 g/mol. The van der Waals surface area contributed by atoms with Gasteiger partial charge in [0.15, 0.2) is 0 Å². The van der Waals surface area contributed by atoms with Gasteiger partial charge >= 0.3 is 0 Å². The van der Waals surface area contributed by atoms with Gasteiger partial charge in [-0.25, -0.2) is 9.78 Å². The van der Waals surface area contributed by atoms with Crippen LogP contribution in [0.5, 0.6) is 0 Å². The Morgan fingerprint density at radius 1 is 1.23 bits per heavy atom. The van der Waals surface area contributed by atoms with E-state index in [1.165, 1.54) is 18.8 Å². The van der Waals surface area contributed by atoms with Crippen LogP contribution in [0.15, 0.2) is 0 Å². The van der Waals surface area contributed by atoms with Crippen LogP contribution in [0.1, 0.15) is 53.9 Å². The molecule has 0 aliphatic heterocycles. The molecule has 0 aromatic heterocycles. The predicted octanol–water partition coefficient (Wildman–Crippen LogP) is 3.52. The summed E-state index contributed by atoms with van der Waals surface area (Å²) < 4.78 is 0. The molecular formula is C11H23O2. The third-order valence-electron chi connectivity index (χ3n) is 1.76. The van der Waals surface area contributed by atoms with Crippen LogP contribution in [0.4, 0.5) is 0 Å². The minimum Gasteiger partial charge on any atom is -0.236 e. The zero-order valence-electron chi connectivity index (χ0n) is 9.64.